The van der Waals surface area contributed by atoms with E-state index in [0.29, 0.717) is 62.7 Å². The maximum atomic E-state index is 14.8. The Kier molecular flexibility index (Phi) is 10.5. The number of rotatable bonds is 9. The highest BCUT2D eigenvalue weighted by molar-refractivity contribution is 6.01. The van der Waals surface area contributed by atoms with Gasteiger partial charge in [-0.3, -0.25) is 9.59 Å². The van der Waals surface area contributed by atoms with Crippen molar-refractivity contribution in [1.82, 2.24) is 25.3 Å². The van der Waals surface area contributed by atoms with Crippen LogP contribution in [0.1, 0.15) is 69.8 Å². The summed E-state index contributed by atoms with van der Waals surface area (Å²) < 4.78 is 11.1. The van der Waals surface area contributed by atoms with Crippen molar-refractivity contribution in [3.8, 4) is 0 Å². The Balaban J connectivity index is 1.29. The number of amides is 3. The molecule has 3 atom stereocenters. The van der Waals surface area contributed by atoms with Crippen LogP contribution in [0, 0.1) is 0 Å². The molecule has 1 unspecified atom stereocenters. The van der Waals surface area contributed by atoms with Crippen molar-refractivity contribution < 1.29 is 28.6 Å². The first-order chi connectivity index (χ1) is 24.0. The molecule has 2 fully saturated rings. The standard InChI is InChI=1S/C39H49N5O6/c1-38(2,3)50-37(47)42-20-21-43(30(26-42)23-28-13-6-4-7-14-28)36(46)34-35(29-15-8-5-9-16-29)44(27-41-34)32-18-10-11-19-39(32,48)24-33(45)40-25-31-17-12-22-49-31/h4-9,12-17,22,30,32,41,48H,10-11,18-21,23-27H2,1-3H3,(H,40,45)/t30-,32+,39?/m1/s1. The number of aliphatic hydroxyl groups is 1. The number of hydrogen-bond donors (Lipinski definition) is 3. The van der Waals surface area contributed by atoms with E-state index in [1.165, 1.54) is 0 Å². The minimum Gasteiger partial charge on any atom is -0.467 e. The predicted molar refractivity (Wildman–Crippen MR) is 189 cm³/mol. The van der Waals surface area contributed by atoms with E-state index in [9.17, 15) is 19.5 Å². The monoisotopic (exact) mass is 683 g/mol. The second-order valence-corrected chi connectivity index (χ2v) is 14.6. The molecule has 3 aliphatic rings. The van der Waals surface area contributed by atoms with E-state index in [2.05, 4.69) is 15.5 Å². The molecule has 1 aliphatic carbocycles. The summed E-state index contributed by atoms with van der Waals surface area (Å²) in [4.78, 5) is 46.8. The molecule has 0 bridgehead atoms. The summed E-state index contributed by atoms with van der Waals surface area (Å²) in [5.74, 6) is 0.229. The number of nitrogens with zero attached hydrogens (tertiary/aromatic N) is 3. The van der Waals surface area contributed by atoms with Crippen LogP contribution in [0.25, 0.3) is 5.70 Å². The summed E-state index contributed by atoms with van der Waals surface area (Å²) in [7, 11) is 0. The van der Waals surface area contributed by atoms with Gasteiger partial charge < -0.3 is 39.6 Å². The van der Waals surface area contributed by atoms with Crippen LogP contribution >= 0.6 is 0 Å². The minimum atomic E-state index is -1.30. The summed E-state index contributed by atoms with van der Waals surface area (Å²) in [6.45, 7) is 7.13. The largest absolute Gasteiger partial charge is 0.467 e. The fourth-order valence-electron chi connectivity index (χ4n) is 7.43. The van der Waals surface area contributed by atoms with Gasteiger partial charge in [0.1, 0.15) is 17.1 Å². The molecule has 3 heterocycles. The first-order valence-electron chi connectivity index (χ1n) is 17.7. The maximum absolute atomic E-state index is 14.8. The van der Waals surface area contributed by atoms with Gasteiger partial charge in [0.25, 0.3) is 5.91 Å². The Bertz CT molecular complexity index is 1650. The van der Waals surface area contributed by atoms with E-state index in [4.69, 9.17) is 9.15 Å². The third-order valence-electron chi connectivity index (χ3n) is 9.76. The Morgan fingerprint density at radius 1 is 1.00 bits per heavy atom. The van der Waals surface area contributed by atoms with Gasteiger partial charge in [0, 0.05) is 25.2 Å². The van der Waals surface area contributed by atoms with E-state index in [0.717, 1.165) is 24.0 Å². The first-order valence-corrected chi connectivity index (χ1v) is 17.7. The lowest BCUT2D eigenvalue weighted by molar-refractivity contribution is -0.132. The number of nitrogens with one attached hydrogen (secondary N) is 2. The number of hydrogen-bond acceptors (Lipinski definition) is 8. The third kappa shape index (κ3) is 8.16. The van der Waals surface area contributed by atoms with E-state index in [1.54, 1.807) is 23.3 Å². The molecule has 266 valence electrons. The van der Waals surface area contributed by atoms with Gasteiger partial charge in [-0.2, -0.15) is 0 Å². The highest BCUT2D eigenvalue weighted by Crippen LogP contribution is 2.41. The van der Waals surface area contributed by atoms with Gasteiger partial charge in [0.05, 0.1) is 49.3 Å². The minimum absolute atomic E-state index is 0.0635. The molecule has 6 rings (SSSR count). The van der Waals surface area contributed by atoms with Crippen LogP contribution in [0.2, 0.25) is 0 Å². The van der Waals surface area contributed by atoms with Crippen LogP contribution in [0.4, 0.5) is 4.79 Å². The lowest BCUT2D eigenvalue weighted by Crippen LogP contribution is -2.58. The molecule has 2 aromatic carbocycles. The van der Waals surface area contributed by atoms with Gasteiger partial charge in [-0.05, 0) is 57.7 Å². The third-order valence-corrected chi connectivity index (χ3v) is 9.76. The maximum Gasteiger partial charge on any atom is 0.410 e. The van der Waals surface area contributed by atoms with Crippen molar-refractivity contribution in [2.45, 2.75) is 89.1 Å². The normalized spacial score (nSPS) is 22.7. The zero-order chi connectivity index (χ0) is 35.3. The lowest BCUT2D eigenvalue weighted by Gasteiger charge is -2.45. The molecule has 2 aliphatic heterocycles. The SMILES string of the molecule is CC(C)(C)OC(=O)N1CCN(C(=O)C2=C(c3ccccc3)N([C@H]3CCCCC3(O)CC(=O)NCc3ccco3)CN2)[C@H](Cc2ccccc2)C1. The van der Waals surface area contributed by atoms with Crippen LogP contribution in [0.5, 0.6) is 0 Å². The fraction of sp³-hybridized carbons (Fsp3) is 0.462. The highest BCUT2D eigenvalue weighted by Gasteiger charge is 2.47. The number of benzene rings is 2. The zero-order valence-electron chi connectivity index (χ0n) is 29.3. The van der Waals surface area contributed by atoms with Gasteiger partial charge in [-0.15, -0.1) is 0 Å². The van der Waals surface area contributed by atoms with E-state index in [1.807, 2.05) is 86.3 Å². The van der Waals surface area contributed by atoms with Crippen LogP contribution in [0.3, 0.4) is 0 Å². The van der Waals surface area contributed by atoms with E-state index in [-0.39, 0.29) is 36.9 Å². The zero-order valence-corrected chi connectivity index (χ0v) is 29.3. The van der Waals surface area contributed by atoms with Gasteiger partial charge in [-0.25, -0.2) is 4.79 Å². The summed E-state index contributed by atoms with van der Waals surface area (Å²) >= 11 is 0. The number of carbonyl (C=O) groups excluding carboxylic acids is 3. The van der Waals surface area contributed by atoms with E-state index < -0.39 is 17.2 Å². The molecule has 1 aromatic heterocycles. The van der Waals surface area contributed by atoms with Crippen molar-refractivity contribution in [1.29, 1.82) is 0 Å². The molecule has 3 aromatic rings. The number of piperazine rings is 1. The van der Waals surface area contributed by atoms with Crippen LogP contribution in [-0.2, 0) is 27.3 Å². The topological polar surface area (TPSA) is 128 Å². The van der Waals surface area contributed by atoms with Gasteiger partial charge >= 0.3 is 6.09 Å². The lowest BCUT2D eigenvalue weighted by atomic mass is 9.76. The highest BCUT2D eigenvalue weighted by atomic mass is 16.6. The van der Waals surface area contributed by atoms with Gasteiger partial charge in [-0.1, -0.05) is 73.5 Å². The number of carbonyl (C=O) groups is 3. The molecular formula is C39H49N5O6. The second-order valence-electron chi connectivity index (χ2n) is 14.6. The summed E-state index contributed by atoms with van der Waals surface area (Å²) in [6, 6.07) is 22.6. The van der Waals surface area contributed by atoms with Crippen molar-refractivity contribution in [2.24, 2.45) is 0 Å². The summed E-state index contributed by atoms with van der Waals surface area (Å²) in [5, 5.41) is 18.5. The molecule has 3 N–H and O–H groups in total. The predicted octanol–water partition coefficient (Wildman–Crippen LogP) is 4.88. The van der Waals surface area contributed by atoms with Crippen molar-refractivity contribution in [3.05, 3.63) is 102 Å². The molecule has 11 heteroatoms. The first kappa shape index (κ1) is 35.1. The molecule has 1 saturated heterocycles. The van der Waals surface area contributed by atoms with Crippen molar-refractivity contribution in [2.75, 3.05) is 26.3 Å². The summed E-state index contributed by atoms with van der Waals surface area (Å²) in [5.41, 5.74) is 1.15. The quantitative estimate of drug-likeness (QED) is 0.291. The molecule has 3 amide bonds. The Labute approximate surface area is 294 Å². The average Bonchev–Trinajstić information content (AvgIpc) is 3.78. The van der Waals surface area contributed by atoms with Gasteiger partial charge in [0.15, 0.2) is 0 Å². The van der Waals surface area contributed by atoms with Crippen molar-refractivity contribution in [3.63, 3.8) is 0 Å². The Morgan fingerprint density at radius 2 is 1.74 bits per heavy atom. The van der Waals surface area contributed by atoms with Crippen LogP contribution in [0.15, 0.2) is 89.2 Å². The Morgan fingerprint density at radius 3 is 2.44 bits per heavy atom. The molecular weight excluding hydrogens is 634 g/mol. The molecule has 0 radical (unpaired) electrons. The average molecular weight is 684 g/mol. The number of furan rings is 1. The number of ether oxygens (including phenoxy) is 1. The van der Waals surface area contributed by atoms with Gasteiger partial charge in [0.2, 0.25) is 5.91 Å². The molecule has 1 saturated carbocycles. The smallest absolute Gasteiger partial charge is 0.410 e. The van der Waals surface area contributed by atoms with Crippen molar-refractivity contribution >= 4 is 23.6 Å². The molecule has 0 spiro atoms. The second kappa shape index (κ2) is 15.0. The van der Waals surface area contributed by atoms with E-state index >= 15 is 0 Å². The van der Waals surface area contributed by atoms with Crippen LogP contribution in [-0.4, -0.2) is 87.3 Å². The Hall–Kier alpha value is -4.77. The fourth-order valence-corrected chi connectivity index (χ4v) is 7.43. The van der Waals surface area contributed by atoms with Crippen LogP contribution < -0.4 is 10.6 Å². The molecule has 11 nitrogen and oxygen atoms in total. The summed E-state index contributed by atoms with van der Waals surface area (Å²) in [6.07, 6.45) is 4.53. The molecule has 50 heavy (non-hydrogen) atoms.